The summed E-state index contributed by atoms with van der Waals surface area (Å²) in [6.45, 7) is 2.06. The van der Waals surface area contributed by atoms with Gasteiger partial charge in [0.15, 0.2) is 0 Å². The second kappa shape index (κ2) is 8.67. The van der Waals surface area contributed by atoms with Crippen molar-refractivity contribution in [3.63, 3.8) is 0 Å². The Morgan fingerprint density at radius 2 is 1.45 bits per heavy atom. The molecule has 0 fully saturated rings. The summed E-state index contributed by atoms with van der Waals surface area (Å²) in [6.07, 6.45) is 3.51. The van der Waals surface area contributed by atoms with Crippen LogP contribution >= 0.6 is 0 Å². The molecule has 4 rings (SSSR count). The largest absolute Gasteiger partial charge is 0.475 e. The molecular weight excluding hydrogens is 354 g/mol. The van der Waals surface area contributed by atoms with Gasteiger partial charge in [-0.25, -0.2) is 0 Å². The summed E-state index contributed by atoms with van der Waals surface area (Å²) in [5, 5.41) is 0. The van der Waals surface area contributed by atoms with Crippen molar-refractivity contribution >= 4 is 11.1 Å². The smallest absolute Gasteiger partial charge is 0.149 e. The van der Waals surface area contributed by atoms with Crippen LogP contribution in [0.5, 0.6) is 5.75 Å². The first-order valence-corrected chi connectivity index (χ1v) is 10.4. The third kappa shape index (κ3) is 4.28. The van der Waals surface area contributed by atoms with Crippen LogP contribution in [0.25, 0.3) is 11.1 Å². The number of aryl methyl sites for hydroxylation is 1. The van der Waals surface area contributed by atoms with Crippen molar-refractivity contribution in [2.24, 2.45) is 0 Å². The Labute approximate surface area is 174 Å². The van der Waals surface area contributed by atoms with Crippen molar-refractivity contribution in [3.8, 4) is 5.75 Å². The first-order valence-electron chi connectivity index (χ1n) is 10.4. The quantitative estimate of drug-likeness (QED) is 0.482. The molecule has 0 bridgehead atoms. The number of hydrogen-bond donors (Lipinski definition) is 0. The minimum atomic E-state index is 0.0398. The maximum Gasteiger partial charge on any atom is 0.149 e. The molecule has 0 N–H and O–H groups in total. The van der Waals surface area contributed by atoms with Crippen molar-refractivity contribution in [3.05, 3.63) is 101 Å². The topological polar surface area (TPSA) is 12.5 Å². The molecule has 1 atom stereocenters. The molecule has 1 aliphatic carbocycles. The summed E-state index contributed by atoms with van der Waals surface area (Å²) in [4.78, 5) is 2.06. The van der Waals surface area contributed by atoms with E-state index in [0.29, 0.717) is 0 Å². The number of allylic oxidation sites excluding steroid dienone is 1. The minimum absolute atomic E-state index is 0.0398. The average molecular weight is 384 g/mol. The summed E-state index contributed by atoms with van der Waals surface area (Å²) >= 11 is 0. The van der Waals surface area contributed by atoms with E-state index in [0.717, 1.165) is 18.6 Å². The highest BCUT2D eigenvalue weighted by Crippen LogP contribution is 2.39. The summed E-state index contributed by atoms with van der Waals surface area (Å²) in [7, 11) is 4.05. The monoisotopic (exact) mass is 383 g/mol. The fourth-order valence-corrected chi connectivity index (χ4v) is 4.01. The van der Waals surface area contributed by atoms with E-state index in [-0.39, 0.29) is 6.23 Å². The van der Waals surface area contributed by atoms with E-state index in [1.807, 2.05) is 14.1 Å². The Morgan fingerprint density at radius 1 is 0.793 bits per heavy atom. The van der Waals surface area contributed by atoms with Crippen LogP contribution in [-0.2, 0) is 6.42 Å². The maximum absolute atomic E-state index is 6.03. The molecule has 1 unspecified atom stereocenters. The number of benzene rings is 3. The van der Waals surface area contributed by atoms with E-state index in [1.165, 1.54) is 39.8 Å². The lowest BCUT2D eigenvalue weighted by Gasteiger charge is -2.24. The summed E-state index contributed by atoms with van der Waals surface area (Å²) in [6, 6.07) is 28.2. The molecule has 1 aliphatic rings. The minimum Gasteiger partial charge on any atom is -0.475 e. The predicted octanol–water partition coefficient (Wildman–Crippen LogP) is 6.27. The first-order chi connectivity index (χ1) is 14.1. The van der Waals surface area contributed by atoms with E-state index in [9.17, 15) is 0 Å². The highest BCUT2D eigenvalue weighted by molar-refractivity contribution is 5.99. The molecule has 0 aromatic heterocycles. The molecule has 0 radical (unpaired) electrons. The lowest BCUT2D eigenvalue weighted by molar-refractivity contribution is 0.0815. The normalized spacial score (nSPS) is 16.3. The molecule has 0 aliphatic heterocycles. The molecule has 2 heteroatoms. The summed E-state index contributed by atoms with van der Waals surface area (Å²) in [5.74, 6) is 0.899. The van der Waals surface area contributed by atoms with E-state index >= 15 is 0 Å². The number of hydrogen-bond acceptors (Lipinski definition) is 2. The van der Waals surface area contributed by atoms with Crippen LogP contribution in [-0.4, -0.2) is 25.2 Å². The molecular formula is C27H29NO. The van der Waals surface area contributed by atoms with Crippen LogP contribution in [0.3, 0.4) is 0 Å². The third-order valence-electron chi connectivity index (χ3n) is 5.76. The fourth-order valence-electron chi connectivity index (χ4n) is 4.01. The highest BCUT2D eigenvalue weighted by atomic mass is 16.5. The average Bonchev–Trinajstić information content (AvgIpc) is 2.76. The molecule has 0 saturated heterocycles. The van der Waals surface area contributed by atoms with Crippen LogP contribution in [0.1, 0.15) is 42.0 Å². The van der Waals surface area contributed by atoms with Crippen molar-refractivity contribution in [1.29, 1.82) is 0 Å². The van der Waals surface area contributed by atoms with Gasteiger partial charge < -0.3 is 4.74 Å². The van der Waals surface area contributed by atoms with Gasteiger partial charge in [-0.05, 0) is 85.8 Å². The van der Waals surface area contributed by atoms with Crippen LogP contribution in [0.2, 0.25) is 0 Å². The van der Waals surface area contributed by atoms with Crippen molar-refractivity contribution in [2.45, 2.75) is 32.4 Å². The van der Waals surface area contributed by atoms with Crippen LogP contribution in [0, 0.1) is 0 Å². The van der Waals surface area contributed by atoms with Gasteiger partial charge in [-0.15, -0.1) is 0 Å². The zero-order valence-electron chi connectivity index (χ0n) is 17.6. The van der Waals surface area contributed by atoms with Crippen LogP contribution in [0.15, 0.2) is 78.9 Å². The Morgan fingerprint density at radius 3 is 2.17 bits per heavy atom. The van der Waals surface area contributed by atoms with Crippen molar-refractivity contribution < 1.29 is 4.74 Å². The highest BCUT2D eigenvalue weighted by Gasteiger charge is 2.19. The van der Waals surface area contributed by atoms with Gasteiger partial charge in [0.05, 0.1) is 0 Å². The maximum atomic E-state index is 6.03. The SMILES string of the molecule is CC(Oc1ccc(C(=C2CCCc3ccccc32)c2ccccc2)cc1)N(C)C. The summed E-state index contributed by atoms with van der Waals surface area (Å²) in [5.41, 5.74) is 8.17. The zero-order valence-corrected chi connectivity index (χ0v) is 17.6. The van der Waals surface area contributed by atoms with Gasteiger partial charge in [0, 0.05) is 0 Å². The molecule has 2 nitrogen and oxygen atoms in total. The molecule has 3 aromatic rings. The van der Waals surface area contributed by atoms with Gasteiger partial charge in [-0.2, -0.15) is 0 Å². The Kier molecular flexibility index (Phi) is 5.82. The van der Waals surface area contributed by atoms with E-state index in [2.05, 4.69) is 90.7 Å². The molecule has 0 saturated carbocycles. The van der Waals surface area contributed by atoms with Gasteiger partial charge in [0.25, 0.3) is 0 Å². The van der Waals surface area contributed by atoms with Crippen molar-refractivity contribution in [2.75, 3.05) is 14.1 Å². The Hall–Kier alpha value is -2.84. The van der Waals surface area contributed by atoms with Crippen LogP contribution in [0.4, 0.5) is 0 Å². The van der Waals surface area contributed by atoms with Gasteiger partial charge in [-0.1, -0.05) is 66.7 Å². The Bertz CT molecular complexity index is 987. The van der Waals surface area contributed by atoms with Gasteiger partial charge in [0.2, 0.25) is 0 Å². The van der Waals surface area contributed by atoms with Crippen LogP contribution < -0.4 is 4.74 Å². The number of fused-ring (bicyclic) bond motifs is 1. The molecule has 0 spiro atoms. The van der Waals surface area contributed by atoms with Gasteiger partial charge >= 0.3 is 0 Å². The van der Waals surface area contributed by atoms with E-state index in [1.54, 1.807) is 0 Å². The van der Waals surface area contributed by atoms with Crippen molar-refractivity contribution in [1.82, 2.24) is 4.90 Å². The lowest BCUT2D eigenvalue weighted by Crippen LogP contribution is -2.30. The third-order valence-corrected chi connectivity index (χ3v) is 5.76. The summed E-state index contributed by atoms with van der Waals surface area (Å²) < 4.78 is 6.03. The van der Waals surface area contributed by atoms with Gasteiger partial charge in [-0.3, -0.25) is 4.90 Å². The van der Waals surface area contributed by atoms with Gasteiger partial charge in [0.1, 0.15) is 12.0 Å². The lowest BCUT2D eigenvalue weighted by atomic mass is 9.81. The standard InChI is InChI=1S/C27H29NO/c1-20(28(2)3)29-24-18-16-23(17-19-24)27(22-11-5-4-6-12-22)26-15-9-13-21-10-7-8-14-25(21)26/h4-8,10-12,14,16-20H,9,13,15H2,1-3H3. The second-order valence-corrected chi connectivity index (χ2v) is 7.94. The van der Waals surface area contributed by atoms with E-state index < -0.39 is 0 Å². The number of nitrogens with zero attached hydrogens (tertiary/aromatic N) is 1. The predicted molar refractivity (Wildman–Crippen MR) is 122 cm³/mol. The molecule has 3 aromatic carbocycles. The zero-order chi connectivity index (χ0) is 20.2. The fraction of sp³-hybridized carbons (Fsp3) is 0.259. The second-order valence-electron chi connectivity index (χ2n) is 7.94. The number of ether oxygens (including phenoxy) is 1. The number of rotatable bonds is 5. The Balaban J connectivity index is 1.80. The molecule has 148 valence electrons. The molecule has 0 amide bonds. The molecule has 0 heterocycles. The molecule has 29 heavy (non-hydrogen) atoms. The van der Waals surface area contributed by atoms with E-state index in [4.69, 9.17) is 4.74 Å². The first kappa shape index (κ1) is 19.5.